The Hall–Kier alpha value is -3.41. The number of rotatable bonds is 4. The zero-order valence-corrected chi connectivity index (χ0v) is 17.2. The molecule has 1 aliphatic rings. The van der Waals surface area contributed by atoms with Crippen molar-refractivity contribution in [2.45, 2.75) is 33.6 Å². The summed E-state index contributed by atoms with van der Waals surface area (Å²) in [7, 11) is 1.61. The Morgan fingerprint density at radius 3 is 2.34 bits per heavy atom. The molecule has 3 rings (SSSR count). The fraction of sp³-hybridized carbons (Fsp3) is 0.261. The smallest absolute Gasteiger partial charge is 0.335 e. The first kappa shape index (κ1) is 20.3. The van der Waals surface area contributed by atoms with Gasteiger partial charge in [-0.1, -0.05) is 32.0 Å². The van der Waals surface area contributed by atoms with Crippen LogP contribution in [0.5, 0.6) is 5.75 Å². The molecule has 2 aromatic carbocycles. The number of carbonyl (C=O) groups is 3. The Morgan fingerprint density at radius 2 is 1.72 bits per heavy atom. The summed E-state index contributed by atoms with van der Waals surface area (Å²) < 4.78 is 5.46. The van der Waals surface area contributed by atoms with Gasteiger partial charge in [-0.25, -0.2) is 9.69 Å². The predicted octanol–water partition coefficient (Wildman–Crippen LogP) is 4.10. The molecule has 1 heterocycles. The van der Waals surface area contributed by atoms with Gasteiger partial charge in [-0.15, -0.1) is 0 Å². The summed E-state index contributed by atoms with van der Waals surface area (Å²) >= 11 is 0. The Bertz CT molecular complexity index is 1040. The molecule has 0 aromatic heterocycles. The van der Waals surface area contributed by atoms with E-state index in [0.717, 1.165) is 32.9 Å². The normalized spacial score (nSPS) is 15.9. The van der Waals surface area contributed by atoms with Crippen LogP contribution in [-0.4, -0.2) is 25.0 Å². The van der Waals surface area contributed by atoms with Crippen molar-refractivity contribution in [3.63, 3.8) is 0 Å². The predicted molar refractivity (Wildman–Crippen MR) is 112 cm³/mol. The van der Waals surface area contributed by atoms with Crippen LogP contribution in [0.3, 0.4) is 0 Å². The van der Waals surface area contributed by atoms with Crippen molar-refractivity contribution in [2.75, 3.05) is 12.0 Å². The molecule has 2 aromatic rings. The summed E-state index contributed by atoms with van der Waals surface area (Å²) in [5, 5.41) is 2.27. The van der Waals surface area contributed by atoms with Gasteiger partial charge in [0.1, 0.15) is 11.3 Å². The van der Waals surface area contributed by atoms with Gasteiger partial charge in [0, 0.05) is 0 Å². The zero-order valence-electron chi connectivity index (χ0n) is 17.2. The largest absolute Gasteiger partial charge is 0.496 e. The van der Waals surface area contributed by atoms with E-state index in [0.29, 0.717) is 5.69 Å². The van der Waals surface area contributed by atoms with Gasteiger partial charge in [-0.05, 0) is 66.3 Å². The number of imide groups is 2. The van der Waals surface area contributed by atoms with Crippen molar-refractivity contribution >= 4 is 29.6 Å². The van der Waals surface area contributed by atoms with E-state index in [1.165, 1.54) is 6.08 Å². The van der Waals surface area contributed by atoms with Gasteiger partial charge in [0.2, 0.25) is 0 Å². The van der Waals surface area contributed by atoms with Crippen molar-refractivity contribution in [3.8, 4) is 5.75 Å². The van der Waals surface area contributed by atoms with E-state index in [1.807, 2.05) is 39.0 Å². The summed E-state index contributed by atoms with van der Waals surface area (Å²) in [5.41, 5.74) is 3.68. The summed E-state index contributed by atoms with van der Waals surface area (Å²) in [6.07, 6.45) is 1.54. The molecule has 29 heavy (non-hydrogen) atoms. The van der Waals surface area contributed by atoms with E-state index in [4.69, 9.17) is 4.74 Å². The second-order valence-electron chi connectivity index (χ2n) is 7.35. The number of hydrogen-bond acceptors (Lipinski definition) is 4. The molecule has 6 heteroatoms. The Morgan fingerprint density at radius 1 is 1.03 bits per heavy atom. The Kier molecular flexibility index (Phi) is 5.55. The SMILES string of the molecule is COc1cc(C)c(/C=C2\C(=O)NC(=O)N(c3ccccc3C)C2=O)cc1C(C)C. The number of benzene rings is 2. The third-order valence-electron chi connectivity index (χ3n) is 5.00. The quantitative estimate of drug-likeness (QED) is 0.628. The molecule has 1 fully saturated rings. The van der Waals surface area contributed by atoms with Gasteiger partial charge in [-0.2, -0.15) is 0 Å². The average Bonchev–Trinajstić information content (AvgIpc) is 2.66. The molecule has 0 unspecified atom stereocenters. The van der Waals surface area contributed by atoms with Crippen LogP contribution in [0.4, 0.5) is 10.5 Å². The van der Waals surface area contributed by atoms with Gasteiger partial charge in [-0.3, -0.25) is 14.9 Å². The molecular weight excluding hydrogens is 368 g/mol. The summed E-state index contributed by atoms with van der Waals surface area (Å²) in [6.45, 7) is 7.77. The molecule has 1 N–H and O–H groups in total. The number of amides is 4. The minimum Gasteiger partial charge on any atom is -0.496 e. The van der Waals surface area contributed by atoms with E-state index in [-0.39, 0.29) is 11.5 Å². The second kappa shape index (κ2) is 7.91. The topological polar surface area (TPSA) is 75.7 Å². The number of anilines is 1. The van der Waals surface area contributed by atoms with Crippen molar-refractivity contribution < 1.29 is 19.1 Å². The highest BCUT2D eigenvalue weighted by Gasteiger charge is 2.37. The molecule has 0 atom stereocenters. The minimum absolute atomic E-state index is 0.0872. The number of barbiturate groups is 1. The number of nitrogens with one attached hydrogen (secondary N) is 1. The van der Waals surface area contributed by atoms with Crippen LogP contribution in [0, 0.1) is 13.8 Å². The Labute approximate surface area is 170 Å². The number of hydrogen-bond donors (Lipinski definition) is 1. The summed E-state index contributed by atoms with van der Waals surface area (Å²) in [6, 6.07) is 10.1. The molecule has 0 bridgehead atoms. The highest BCUT2D eigenvalue weighted by Crippen LogP contribution is 2.31. The van der Waals surface area contributed by atoms with Crippen molar-refractivity contribution in [2.24, 2.45) is 0 Å². The summed E-state index contributed by atoms with van der Waals surface area (Å²) in [4.78, 5) is 39.0. The number of para-hydroxylation sites is 1. The maximum absolute atomic E-state index is 13.1. The standard InChI is InChI=1S/C23H24N2O4/c1-13(2)17-11-16(15(4)10-20(17)29-5)12-18-21(26)24-23(28)25(22(18)27)19-9-7-6-8-14(19)3/h6-13H,1-5H3,(H,24,26,28)/b18-12+. The van der Waals surface area contributed by atoms with Crippen molar-refractivity contribution in [1.29, 1.82) is 0 Å². The van der Waals surface area contributed by atoms with Crippen LogP contribution in [0.25, 0.3) is 6.08 Å². The average molecular weight is 392 g/mol. The molecule has 1 aliphatic heterocycles. The number of carbonyl (C=O) groups excluding carboxylic acids is 3. The molecule has 0 radical (unpaired) electrons. The number of ether oxygens (including phenoxy) is 1. The zero-order chi connectivity index (χ0) is 21.3. The van der Waals surface area contributed by atoms with Crippen LogP contribution >= 0.6 is 0 Å². The first-order chi connectivity index (χ1) is 13.7. The lowest BCUT2D eigenvalue weighted by atomic mass is 9.95. The third-order valence-corrected chi connectivity index (χ3v) is 5.00. The molecule has 0 spiro atoms. The van der Waals surface area contributed by atoms with Crippen LogP contribution in [-0.2, 0) is 9.59 Å². The first-order valence-electron chi connectivity index (χ1n) is 9.40. The van der Waals surface area contributed by atoms with E-state index < -0.39 is 17.8 Å². The number of aryl methyl sites for hydroxylation is 2. The fourth-order valence-electron chi connectivity index (χ4n) is 3.35. The molecular formula is C23H24N2O4. The molecule has 0 aliphatic carbocycles. The van der Waals surface area contributed by atoms with E-state index in [2.05, 4.69) is 5.32 Å². The van der Waals surface area contributed by atoms with Gasteiger partial charge in [0.25, 0.3) is 11.8 Å². The van der Waals surface area contributed by atoms with Gasteiger partial charge in [0.15, 0.2) is 0 Å². The van der Waals surface area contributed by atoms with Crippen LogP contribution in [0.2, 0.25) is 0 Å². The lowest BCUT2D eigenvalue weighted by molar-refractivity contribution is -0.122. The number of methoxy groups -OCH3 is 1. The molecule has 0 saturated carbocycles. The van der Waals surface area contributed by atoms with Crippen LogP contribution in [0.1, 0.15) is 42.0 Å². The fourth-order valence-corrected chi connectivity index (χ4v) is 3.35. The van der Waals surface area contributed by atoms with Crippen LogP contribution in [0.15, 0.2) is 42.0 Å². The highest BCUT2D eigenvalue weighted by molar-refractivity contribution is 6.39. The molecule has 1 saturated heterocycles. The maximum atomic E-state index is 13.1. The van der Waals surface area contributed by atoms with E-state index >= 15 is 0 Å². The van der Waals surface area contributed by atoms with E-state index in [1.54, 1.807) is 32.2 Å². The first-order valence-corrected chi connectivity index (χ1v) is 9.40. The minimum atomic E-state index is -0.749. The third kappa shape index (κ3) is 3.78. The molecule has 150 valence electrons. The number of nitrogens with zero attached hydrogens (tertiary/aromatic N) is 1. The molecule has 4 amide bonds. The van der Waals surface area contributed by atoms with Crippen molar-refractivity contribution in [3.05, 3.63) is 64.2 Å². The van der Waals surface area contributed by atoms with Gasteiger partial charge >= 0.3 is 6.03 Å². The lowest BCUT2D eigenvalue weighted by Gasteiger charge is -2.27. The van der Waals surface area contributed by atoms with Crippen molar-refractivity contribution in [1.82, 2.24) is 5.32 Å². The van der Waals surface area contributed by atoms with Crippen LogP contribution < -0.4 is 15.0 Å². The summed E-state index contributed by atoms with van der Waals surface area (Å²) in [5.74, 6) is -0.389. The second-order valence-corrected chi connectivity index (χ2v) is 7.35. The lowest BCUT2D eigenvalue weighted by Crippen LogP contribution is -2.54. The van der Waals surface area contributed by atoms with Gasteiger partial charge in [0.05, 0.1) is 12.8 Å². The number of urea groups is 1. The Balaban J connectivity index is 2.10. The monoisotopic (exact) mass is 392 g/mol. The van der Waals surface area contributed by atoms with E-state index in [9.17, 15) is 14.4 Å². The highest BCUT2D eigenvalue weighted by atomic mass is 16.5. The molecule has 6 nitrogen and oxygen atoms in total. The maximum Gasteiger partial charge on any atom is 0.335 e. The van der Waals surface area contributed by atoms with Gasteiger partial charge < -0.3 is 4.74 Å².